The second kappa shape index (κ2) is 9.89. The van der Waals surface area contributed by atoms with Gasteiger partial charge in [-0.25, -0.2) is 9.79 Å². The zero-order valence-corrected chi connectivity index (χ0v) is 18.9. The normalized spacial score (nSPS) is 16.2. The summed E-state index contributed by atoms with van der Waals surface area (Å²) in [6, 6.07) is 24.1. The summed E-state index contributed by atoms with van der Waals surface area (Å²) in [6.07, 6.45) is 3.90. The molecule has 0 unspecified atom stereocenters. The summed E-state index contributed by atoms with van der Waals surface area (Å²) in [6.45, 7) is 0.306. The average Bonchev–Trinajstić information content (AvgIpc) is 3.09. The SMILES string of the molecule is CSc1ccc(/C=C2/SC(=Nc3ccccc3)N(Cc3ccc(C(=O)O)cc3)C2=O)cc1. The molecule has 160 valence electrons. The highest BCUT2D eigenvalue weighted by Gasteiger charge is 2.33. The number of benzene rings is 3. The van der Waals surface area contributed by atoms with E-state index in [1.54, 1.807) is 40.9 Å². The van der Waals surface area contributed by atoms with Crippen molar-refractivity contribution in [2.45, 2.75) is 11.4 Å². The first-order valence-electron chi connectivity index (χ1n) is 9.85. The van der Waals surface area contributed by atoms with Crippen LogP contribution in [0, 0.1) is 0 Å². The van der Waals surface area contributed by atoms with Gasteiger partial charge in [0.2, 0.25) is 0 Å². The van der Waals surface area contributed by atoms with E-state index in [9.17, 15) is 9.59 Å². The van der Waals surface area contributed by atoms with Crippen molar-refractivity contribution in [3.63, 3.8) is 0 Å². The lowest BCUT2D eigenvalue weighted by Gasteiger charge is -2.16. The Hall–Kier alpha value is -3.29. The van der Waals surface area contributed by atoms with E-state index in [1.807, 2.05) is 66.9 Å². The summed E-state index contributed by atoms with van der Waals surface area (Å²) in [7, 11) is 0. The van der Waals surface area contributed by atoms with Crippen LogP contribution in [0.2, 0.25) is 0 Å². The van der Waals surface area contributed by atoms with E-state index in [-0.39, 0.29) is 11.5 Å². The van der Waals surface area contributed by atoms with Gasteiger partial charge < -0.3 is 5.11 Å². The number of amides is 1. The number of aromatic carboxylic acids is 1. The van der Waals surface area contributed by atoms with E-state index >= 15 is 0 Å². The van der Waals surface area contributed by atoms with Gasteiger partial charge in [-0.2, -0.15) is 0 Å². The van der Waals surface area contributed by atoms with Gasteiger partial charge in [-0.3, -0.25) is 9.69 Å². The van der Waals surface area contributed by atoms with Crippen LogP contribution in [0.25, 0.3) is 6.08 Å². The highest BCUT2D eigenvalue weighted by atomic mass is 32.2. The molecule has 1 N–H and O–H groups in total. The first-order valence-corrected chi connectivity index (χ1v) is 11.9. The third kappa shape index (κ3) is 5.12. The van der Waals surface area contributed by atoms with Gasteiger partial charge in [-0.1, -0.05) is 42.5 Å². The lowest BCUT2D eigenvalue weighted by molar-refractivity contribution is -0.122. The van der Waals surface area contributed by atoms with E-state index in [0.717, 1.165) is 21.7 Å². The zero-order chi connectivity index (χ0) is 22.5. The summed E-state index contributed by atoms with van der Waals surface area (Å²) < 4.78 is 0. The van der Waals surface area contributed by atoms with Crippen molar-refractivity contribution < 1.29 is 14.7 Å². The van der Waals surface area contributed by atoms with Gasteiger partial charge in [0, 0.05) is 4.90 Å². The maximum absolute atomic E-state index is 13.3. The molecule has 0 radical (unpaired) electrons. The predicted octanol–water partition coefficient (Wildman–Crippen LogP) is 5.91. The molecule has 32 heavy (non-hydrogen) atoms. The van der Waals surface area contributed by atoms with Crippen LogP contribution in [0.1, 0.15) is 21.5 Å². The molecule has 0 saturated carbocycles. The van der Waals surface area contributed by atoms with Crippen LogP contribution < -0.4 is 0 Å². The minimum Gasteiger partial charge on any atom is -0.478 e. The molecule has 4 rings (SSSR count). The standard InChI is InChI=1S/C25H20N2O3S2/c1-31-21-13-9-17(10-14-21)15-22-23(28)27(16-18-7-11-19(12-8-18)24(29)30)25(32-22)26-20-5-3-2-4-6-20/h2-15H,16H2,1H3,(H,29,30)/b22-15+,26-25?. The number of amidine groups is 1. The van der Waals surface area contributed by atoms with Gasteiger partial charge in [0.15, 0.2) is 5.17 Å². The molecule has 3 aromatic carbocycles. The summed E-state index contributed by atoms with van der Waals surface area (Å²) >= 11 is 3.01. The Bertz CT molecular complexity index is 1190. The number of nitrogens with zero attached hydrogens (tertiary/aromatic N) is 2. The molecule has 1 heterocycles. The van der Waals surface area contributed by atoms with Crippen molar-refractivity contribution in [2.75, 3.05) is 6.26 Å². The average molecular weight is 461 g/mol. The molecule has 0 atom stereocenters. The van der Waals surface area contributed by atoms with E-state index in [2.05, 4.69) is 0 Å². The number of para-hydroxylation sites is 1. The van der Waals surface area contributed by atoms with Crippen molar-refractivity contribution in [2.24, 2.45) is 4.99 Å². The lowest BCUT2D eigenvalue weighted by atomic mass is 10.1. The van der Waals surface area contributed by atoms with Gasteiger partial charge in [-0.05, 0) is 71.6 Å². The second-order valence-corrected chi connectivity index (χ2v) is 8.90. The van der Waals surface area contributed by atoms with Crippen molar-refractivity contribution >= 4 is 52.3 Å². The fourth-order valence-electron chi connectivity index (χ4n) is 3.13. The Balaban J connectivity index is 1.65. The Morgan fingerprint density at radius 3 is 2.34 bits per heavy atom. The molecular formula is C25H20N2O3S2. The molecule has 5 nitrogen and oxygen atoms in total. The Morgan fingerprint density at radius 2 is 1.72 bits per heavy atom. The Labute approximate surface area is 194 Å². The van der Waals surface area contributed by atoms with Crippen LogP contribution in [0.5, 0.6) is 0 Å². The fraction of sp³-hybridized carbons (Fsp3) is 0.0800. The van der Waals surface area contributed by atoms with Crippen LogP contribution in [-0.4, -0.2) is 33.3 Å². The number of carboxylic acids is 1. The van der Waals surface area contributed by atoms with Gasteiger partial charge in [-0.15, -0.1) is 11.8 Å². The minimum atomic E-state index is -0.978. The molecule has 0 spiro atoms. The monoisotopic (exact) mass is 460 g/mol. The third-order valence-electron chi connectivity index (χ3n) is 4.82. The molecule has 3 aromatic rings. The van der Waals surface area contributed by atoms with Crippen LogP contribution >= 0.6 is 23.5 Å². The van der Waals surface area contributed by atoms with E-state index < -0.39 is 5.97 Å². The largest absolute Gasteiger partial charge is 0.478 e. The molecular weight excluding hydrogens is 440 g/mol. The number of hydrogen-bond acceptors (Lipinski definition) is 5. The van der Waals surface area contributed by atoms with Crippen LogP contribution in [0.3, 0.4) is 0 Å². The molecule has 1 aliphatic heterocycles. The number of rotatable bonds is 6. The molecule has 1 amide bonds. The Kier molecular flexibility index (Phi) is 6.78. The van der Waals surface area contributed by atoms with E-state index in [0.29, 0.717) is 16.6 Å². The first-order chi connectivity index (χ1) is 15.5. The van der Waals surface area contributed by atoms with Gasteiger partial charge >= 0.3 is 5.97 Å². The summed E-state index contributed by atoms with van der Waals surface area (Å²) in [5.74, 6) is -1.10. The number of carbonyl (C=O) groups is 2. The number of carboxylic acid groups (broad SMARTS) is 1. The molecule has 1 saturated heterocycles. The van der Waals surface area contributed by atoms with Crippen molar-refractivity contribution in [3.05, 3.63) is 100 Å². The molecule has 0 bridgehead atoms. The zero-order valence-electron chi connectivity index (χ0n) is 17.3. The smallest absolute Gasteiger partial charge is 0.335 e. The minimum absolute atomic E-state index is 0.124. The van der Waals surface area contributed by atoms with E-state index in [4.69, 9.17) is 10.1 Å². The Morgan fingerprint density at radius 1 is 1.03 bits per heavy atom. The molecule has 1 fully saturated rings. The van der Waals surface area contributed by atoms with Crippen LogP contribution in [0.4, 0.5) is 5.69 Å². The highest BCUT2D eigenvalue weighted by Crippen LogP contribution is 2.35. The lowest BCUT2D eigenvalue weighted by Crippen LogP contribution is -2.28. The number of carbonyl (C=O) groups excluding carboxylic acids is 1. The van der Waals surface area contributed by atoms with Crippen molar-refractivity contribution in [1.82, 2.24) is 4.90 Å². The number of thioether (sulfide) groups is 2. The third-order valence-corrected chi connectivity index (χ3v) is 6.57. The summed E-state index contributed by atoms with van der Waals surface area (Å²) in [4.78, 5) is 32.5. The molecule has 0 aromatic heterocycles. The summed E-state index contributed by atoms with van der Waals surface area (Å²) in [5.41, 5.74) is 2.75. The number of hydrogen-bond donors (Lipinski definition) is 1. The second-order valence-electron chi connectivity index (χ2n) is 7.01. The van der Waals surface area contributed by atoms with E-state index in [1.165, 1.54) is 11.8 Å². The topological polar surface area (TPSA) is 70.0 Å². The van der Waals surface area contributed by atoms with Crippen LogP contribution in [-0.2, 0) is 11.3 Å². The maximum atomic E-state index is 13.3. The summed E-state index contributed by atoms with van der Waals surface area (Å²) in [5, 5.41) is 9.71. The van der Waals surface area contributed by atoms with Crippen LogP contribution in [0.15, 0.2) is 93.7 Å². The molecule has 0 aliphatic carbocycles. The number of aliphatic imine (C=N–C) groups is 1. The fourth-order valence-corrected chi connectivity index (χ4v) is 4.54. The molecule has 7 heteroatoms. The quantitative estimate of drug-likeness (QED) is 0.366. The van der Waals surface area contributed by atoms with Gasteiger partial charge in [0.1, 0.15) is 0 Å². The van der Waals surface area contributed by atoms with Crippen molar-refractivity contribution in [1.29, 1.82) is 0 Å². The maximum Gasteiger partial charge on any atom is 0.335 e. The van der Waals surface area contributed by atoms with Crippen molar-refractivity contribution in [3.8, 4) is 0 Å². The predicted molar refractivity (Wildman–Crippen MR) is 131 cm³/mol. The van der Waals surface area contributed by atoms with Gasteiger partial charge in [0.05, 0.1) is 22.7 Å². The molecule has 1 aliphatic rings. The van der Waals surface area contributed by atoms with Gasteiger partial charge in [0.25, 0.3) is 5.91 Å². The first kappa shape index (κ1) is 21.9. The highest BCUT2D eigenvalue weighted by molar-refractivity contribution is 8.18.